The first kappa shape index (κ1) is 17.1. The molecule has 5 heteroatoms. The minimum absolute atomic E-state index is 0.0455. The Hall–Kier alpha value is -2.69. The number of para-hydroxylation sites is 1. The number of nitrogens with zero attached hydrogens (tertiary/aromatic N) is 1. The van der Waals surface area contributed by atoms with E-state index in [0.29, 0.717) is 24.5 Å². The van der Waals surface area contributed by atoms with Gasteiger partial charge in [-0.25, -0.2) is 0 Å². The van der Waals surface area contributed by atoms with Gasteiger partial charge < -0.3 is 19.1 Å². The topological polar surface area (TPSA) is 48.0 Å². The molecule has 25 heavy (non-hydrogen) atoms. The Labute approximate surface area is 148 Å². The van der Waals surface area contributed by atoms with E-state index >= 15 is 0 Å². The minimum atomic E-state index is 0.0455. The van der Waals surface area contributed by atoms with Gasteiger partial charge in [0.1, 0.15) is 23.4 Å². The quantitative estimate of drug-likeness (QED) is 0.811. The molecule has 0 saturated carbocycles. The smallest absolute Gasteiger partial charge is 0.227 e. The van der Waals surface area contributed by atoms with E-state index in [4.69, 9.17) is 14.2 Å². The highest BCUT2D eigenvalue weighted by Gasteiger charge is 2.28. The summed E-state index contributed by atoms with van der Waals surface area (Å²) >= 11 is 0. The number of carbonyl (C=O) groups excluding carboxylic acids is 1. The maximum absolute atomic E-state index is 12.6. The molecule has 2 aromatic rings. The van der Waals surface area contributed by atoms with Crippen molar-refractivity contribution in [2.45, 2.75) is 18.9 Å². The zero-order chi connectivity index (χ0) is 17.6. The van der Waals surface area contributed by atoms with Crippen LogP contribution in [0, 0.1) is 0 Å². The Morgan fingerprint density at radius 2 is 1.88 bits per heavy atom. The summed E-state index contributed by atoms with van der Waals surface area (Å²) in [6, 6.07) is 15.2. The van der Waals surface area contributed by atoms with Crippen molar-refractivity contribution in [3.63, 3.8) is 0 Å². The Morgan fingerprint density at radius 1 is 1.08 bits per heavy atom. The van der Waals surface area contributed by atoms with Crippen LogP contribution in [0.5, 0.6) is 17.2 Å². The van der Waals surface area contributed by atoms with E-state index in [1.54, 1.807) is 20.3 Å². The van der Waals surface area contributed by atoms with Crippen LogP contribution < -0.4 is 14.2 Å². The number of methoxy groups -OCH3 is 2. The monoisotopic (exact) mass is 341 g/mol. The van der Waals surface area contributed by atoms with Gasteiger partial charge >= 0.3 is 0 Å². The Morgan fingerprint density at radius 3 is 2.60 bits per heavy atom. The number of carbonyl (C=O) groups is 1. The number of likely N-dealkylation sites (tertiary alicyclic amines) is 1. The fraction of sp³-hybridized carbons (Fsp3) is 0.350. The molecule has 0 bridgehead atoms. The van der Waals surface area contributed by atoms with Crippen molar-refractivity contribution in [3.05, 3.63) is 54.1 Å². The first-order valence-electron chi connectivity index (χ1n) is 8.40. The highest BCUT2D eigenvalue weighted by Crippen LogP contribution is 2.26. The predicted molar refractivity (Wildman–Crippen MR) is 95.3 cm³/mol. The molecule has 0 spiro atoms. The minimum Gasteiger partial charge on any atom is -0.497 e. The fourth-order valence-corrected chi connectivity index (χ4v) is 3.02. The standard InChI is InChI=1S/C20H23NO4/c1-23-17-9-8-15(19(13-17)24-2)12-20(22)21-11-10-18(14-21)25-16-6-4-3-5-7-16/h3-9,13,18H,10-12,14H2,1-2H3/t18-/m0/s1. The number of hydrogen-bond acceptors (Lipinski definition) is 4. The molecule has 0 radical (unpaired) electrons. The van der Waals surface area contributed by atoms with Crippen LogP contribution >= 0.6 is 0 Å². The Kier molecular flexibility index (Phi) is 5.43. The zero-order valence-corrected chi connectivity index (χ0v) is 14.6. The van der Waals surface area contributed by atoms with Crippen molar-refractivity contribution >= 4 is 5.91 Å². The molecule has 1 fully saturated rings. The average molecular weight is 341 g/mol. The molecule has 1 amide bonds. The molecule has 5 nitrogen and oxygen atoms in total. The van der Waals surface area contributed by atoms with Gasteiger partial charge in [-0.15, -0.1) is 0 Å². The number of rotatable bonds is 6. The largest absolute Gasteiger partial charge is 0.497 e. The molecule has 132 valence electrons. The third-order valence-electron chi connectivity index (χ3n) is 4.38. The maximum atomic E-state index is 12.6. The van der Waals surface area contributed by atoms with Crippen LogP contribution in [0.2, 0.25) is 0 Å². The van der Waals surface area contributed by atoms with Crippen LogP contribution in [-0.4, -0.2) is 44.2 Å². The third-order valence-corrected chi connectivity index (χ3v) is 4.38. The van der Waals surface area contributed by atoms with Crippen molar-refractivity contribution in [3.8, 4) is 17.2 Å². The van der Waals surface area contributed by atoms with Crippen LogP contribution in [0.3, 0.4) is 0 Å². The van der Waals surface area contributed by atoms with Gasteiger partial charge in [-0.2, -0.15) is 0 Å². The Bertz CT molecular complexity index is 717. The van der Waals surface area contributed by atoms with Crippen LogP contribution in [0.1, 0.15) is 12.0 Å². The van der Waals surface area contributed by atoms with Gasteiger partial charge in [-0.1, -0.05) is 24.3 Å². The summed E-state index contributed by atoms with van der Waals surface area (Å²) in [6.45, 7) is 1.33. The molecule has 0 aliphatic carbocycles. The van der Waals surface area contributed by atoms with Gasteiger partial charge in [0, 0.05) is 24.6 Å². The number of ether oxygens (including phenoxy) is 3. The van der Waals surface area contributed by atoms with Crippen molar-refractivity contribution < 1.29 is 19.0 Å². The molecule has 1 aliphatic rings. The lowest BCUT2D eigenvalue weighted by Crippen LogP contribution is -2.32. The third kappa shape index (κ3) is 4.24. The molecule has 1 saturated heterocycles. The molecule has 2 aromatic carbocycles. The van der Waals surface area contributed by atoms with E-state index in [2.05, 4.69) is 0 Å². The molecule has 0 N–H and O–H groups in total. The van der Waals surface area contributed by atoms with Crippen LogP contribution in [0.4, 0.5) is 0 Å². The van der Waals surface area contributed by atoms with Gasteiger partial charge in [0.2, 0.25) is 5.91 Å². The first-order valence-corrected chi connectivity index (χ1v) is 8.40. The molecule has 0 aromatic heterocycles. The Balaban J connectivity index is 1.59. The molecular weight excluding hydrogens is 318 g/mol. The lowest BCUT2D eigenvalue weighted by Gasteiger charge is -2.18. The maximum Gasteiger partial charge on any atom is 0.227 e. The molecule has 3 rings (SSSR count). The van der Waals surface area contributed by atoms with Crippen molar-refractivity contribution in [2.75, 3.05) is 27.3 Å². The highest BCUT2D eigenvalue weighted by atomic mass is 16.5. The summed E-state index contributed by atoms with van der Waals surface area (Å²) in [6.07, 6.45) is 1.20. The van der Waals surface area contributed by atoms with Crippen molar-refractivity contribution in [1.29, 1.82) is 0 Å². The summed E-state index contributed by atoms with van der Waals surface area (Å²) in [4.78, 5) is 14.5. The SMILES string of the molecule is COc1ccc(CC(=O)N2CC[C@H](Oc3ccccc3)C2)c(OC)c1. The van der Waals surface area contributed by atoms with E-state index in [1.165, 1.54) is 0 Å². The first-order chi connectivity index (χ1) is 12.2. The van der Waals surface area contributed by atoms with Crippen molar-refractivity contribution in [2.24, 2.45) is 0 Å². The predicted octanol–water partition coefficient (Wildman–Crippen LogP) is 2.93. The summed E-state index contributed by atoms with van der Waals surface area (Å²) in [5.41, 5.74) is 0.862. The van der Waals surface area contributed by atoms with Gasteiger partial charge in [0.15, 0.2) is 0 Å². The summed E-state index contributed by atoms with van der Waals surface area (Å²) in [5.74, 6) is 2.32. The van der Waals surface area contributed by atoms with E-state index < -0.39 is 0 Å². The van der Waals surface area contributed by atoms with E-state index in [-0.39, 0.29) is 12.0 Å². The number of hydrogen-bond donors (Lipinski definition) is 0. The molecule has 0 unspecified atom stereocenters. The van der Waals surface area contributed by atoms with Gasteiger partial charge in [-0.3, -0.25) is 4.79 Å². The lowest BCUT2D eigenvalue weighted by molar-refractivity contribution is -0.129. The van der Waals surface area contributed by atoms with Crippen LogP contribution in [0.25, 0.3) is 0 Å². The second-order valence-electron chi connectivity index (χ2n) is 6.04. The summed E-state index contributed by atoms with van der Waals surface area (Å²) < 4.78 is 16.5. The summed E-state index contributed by atoms with van der Waals surface area (Å²) in [5, 5.41) is 0. The fourth-order valence-electron chi connectivity index (χ4n) is 3.02. The lowest BCUT2D eigenvalue weighted by atomic mass is 10.1. The van der Waals surface area contributed by atoms with E-state index in [9.17, 15) is 4.79 Å². The van der Waals surface area contributed by atoms with Gasteiger partial charge in [0.05, 0.1) is 27.2 Å². The molecular formula is C20H23NO4. The van der Waals surface area contributed by atoms with Crippen LogP contribution in [-0.2, 0) is 11.2 Å². The molecule has 1 atom stereocenters. The van der Waals surface area contributed by atoms with Crippen LogP contribution in [0.15, 0.2) is 48.5 Å². The molecule has 1 heterocycles. The van der Waals surface area contributed by atoms with Crippen molar-refractivity contribution in [1.82, 2.24) is 4.90 Å². The number of benzene rings is 2. The highest BCUT2D eigenvalue weighted by molar-refractivity contribution is 5.80. The summed E-state index contributed by atoms with van der Waals surface area (Å²) in [7, 11) is 3.21. The normalized spacial score (nSPS) is 16.6. The number of amides is 1. The second kappa shape index (κ2) is 7.92. The van der Waals surface area contributed by atoms with E-state index in [1.807, 2.05) is 47.4 Å². The second-order valence-corrected chi connectivity index (χ2v) is 6.04. The average Bonchev–Trinajstić information content (AvgIpc) is 3.11. The molecule has 1 aliphatic heterocycles. The van der Waals surface area contributed by atoms with Gasteiger partial charge in [0.25, 0.3) is 0 Å². The van der Waals surface area contributed by atoms with E-state index in [0.717, 1.165) is 24.3 Å². The van der Waals surface area contributed by atoms with Gasteiger partial charge in [-0.05, 0) is 18.2 Å². The zero-order valence-electron chi connectivity index (χ0n) is 14.6.